The van der Waals surface area contributed by atoms with Crippen LogP contribution in [0.15, 0.2) is 18.2 Å². The zero-order valence-corrected chi connectivity index (χ0v) is 10.5. The molecule has 1 aliphatic carbocycles. The van der Waals surface area contributed by atoms with E-state index in [1.165, 1.54) is 37.8 Å². The van der Waals surface area contributed by atoms with E-state index in [-0.39, 0.29) is 5.82 Å². The molecule has 94 valence electrons. The topological polar surface area (TPSA) is 21.3 Å². The molecule has 2 nitrogen and oxygen atoms in total. The van der Waals surface area contributed by atoms with Gasteiger partial charge in [0.05, 0.1) is 5.02 Å². The molecule has 1 fully saturated rings. The first-order valence-electron chi connectivity index (χ1n) is 6.07. The fourth-order valence-corrected chi connectivity index (χ4v) is 2.37. The molecule has 0 amide bonds. The summed E-state index contributed by atoms with van der Waals surface area (Å²) in [5.74, 6) is 0.202. The lowest BCUT2D eigenvalue weighted by molar-refractivity contribution is 0.305. The summed E-state index contributed by atoms with van der Waals surface area (Å²) in [6.07, 6.45) is 5.17. The van der Waals surface area contributed by atoms with Gasteiger partial charge in [-0.15, -0.1) is 0 Å². The average Bonchev–Trinajstić information content (AvgIpc) is 2.79. The van der Waals surface area contributed by atoms with Crippen molar-refractivity contribution in [3.63, 3.8) is 0 Å². The van der Waals surface area contributed by atoms with Gasteiger partial charge in [-0.05, 0) is 31.0 Å². The summed E-state index contributed by atoms with van der Waals surface area (Å²) < 4.78 is 18.3. The third kappa shape index (κ3) is 3.86. The fourth-order valence-electron chi connectivity index (χ4n) is 2.15. The van der Waals surface area contributed by atoms with Crippen LogP contribution in [0, 0.1) is 5.82 Å². The quantitative estimate of drug-likeness (QED) is 0.817. The molecule has 4 heteroatoms. The average molecular weight is 258 g/mol. The Labute approximate surface area is 106 Å². The van der Waals surface area contributed by atoms with Crippen LogP contribution in [0.4, 0.5) is 4.39 Å². The third-order valence-electron chi connectivity index (χ3n) is 3.04. The molecule has 0 unspecified atom stereocenters. The van der Waals surface area contributed by atoms with Crippen LogP contribution in [0.1, 0.15) is 25.7 Å². The second kappa shape index (κ2) is 6.22. The van der Waals surface area contributed by atoms with E-state index >= 15 is 0 Å². The first kappa shape index (κ1) is 12.7. The highest BCUT2D eigenvalue weighted by atomic mass is 35.5. The van der Waals surface area contributed by atoms with Gasteiger partial charge in [-0.1, -0.05) is 24.4 Å². The number of rotatable bonds is 5. The maximum Gasteiger partial charge on any atom is 0.138 e. The minimum Gasteiger partial charge on any atom is -0.491 e. The molecule has 0 atom stereocenters. The molecule has 0 bridgehead atoms. The standard InChI is InChI=1S/C13H17ClFNO/c14-12-9-10(15)5-6-13(12)17-8-7-16-11-3-1-2-4-11/h5-6,9,11,16H,1-4,7-8H2. The fraction of sp³-hybridized carbons (Fsp3) is 0.538. The third-order valence-corrected chi connectivity index (χ3v) is 3.34. The SMILES string of the molecule is Fc1ccc(OCCNC2CCCC2)c(Cl)c1. The summed E-state index contributed by atoms with van der Waals surface area (Å²) in [7, 11) is 0. The molecule has 0 aliphatic heterocycles. The van der Waals surface area contributed by atoms with Crippen LogP contribution in [0.2, 0.25) is 5.02 Å². The summed E-state index contributed by atoms with van der Waals surface area (Å²) in [6.45, 7) is 1.36. The first-order chi connectivity index (χ1) is 8.25. The first-order valence-corrected chi connectivity index (χ1v) is 6.45. The monoisotopic (exact) mass is 257 g/mol. The van der Waals surface area contributed by atoms with Crippen LogP contribution in [0.5, 0.6) is 5.75 Å². The Morgan fingerprint density at radius 2 is 2.12 bits per heavy atom. The maximum absolute atomic E-state index is 12.8. The van der Waals surface area contributed by atoms with E-state index in [0.29, 0.717) is 23.4 Å². The Bertz CT molecular complexity index is 366. The van der Waals surface area contributed by atoms with Gasteiger partial charge < -0.3 is 10.1 Å². The van der Waals surface area contributed by atoms with Crippen molar-refractivity contribution in [3.05, 3.63) is 29.0 Å². The normalized spacial score (nSPS) is 16.4. The molecule has 2 rings (SSSR count). The Morgan fingerprint density at radius 1 is 1.35 bits per heavy atom. The Kier molecular flexibility index (Phi) is 4.63. The number of hydrogen-bond acceptors (Lipinski definition) is 2. The summed E-state index contributed by atoms with van der Waals surface area (Å²) in [6, 6.07) is 4.82. The van der Waals surface area contributed by atoms with Gasteiger partial charge in [0.2, 0.25) is 0 Å². The van der Waals surface area contributed by atoms with Crippen molar-refractivity contribution >= 4 is 11.6 Å². The molecule has 0 spiro atoms. The molecule has 1 N–H and O–H groups in total. The lowest BCUT2D eigenvalue weighted by Gasteiger charge is -2.12. The van der Waals surface area contributed by atoms with Gasteiger partial charge >= 0.3 is 0 Å². The molecule has 1 aromatic rings. The summed E-state index contributed by atoms with van der Waals surface area (Å²) in [4.78, 5) is 0. The van der Waals surface area contributed by atoms with Crippen LogP contribution in [0.3, 0.4) is 0 Å². The van der Waals surface area contributed by atoms with Gasteiger partial charge in [0.15, 0.2) is 0 Å². The van der Waals surface area contributed by atoms with E-state index in [1.807, 2.05) is 0 Å². The van der Waals surface area contributed by atoms with Gasteiger partial charge in [0, 0.05) is 12.6 Å². The van der Waals surface area contributed by atoms with Crippen LogP contribution < -0.4 is 10.1 Å². The number of ether oxygens (including phenoxy) is 1. The molecule has 0 heterocycles. The van der Waals surface area contributed by atoms with Gasteiger partial charge in [0.1, 0.15) is 18.2 Å². The van der Waals surface area contributed by atoms with E-state index in [1.54, 1.807) is 6.07 Å². The van der Waals surface area contributed by atoms with Crippen LogP contribution in [-0.2, 0) is 0 Å². The highest BCUT2D eigenvalue weighted by Crippen LogP contribution is 2.24. The van der Waals surface area contributed by atoms with Gasteiger partial charge in [-0.3, -0.25) is 0 Å². The zero-order chi connectivity index (χ0) is 12.1. The van der Waals surface area contributed by atoms with E-state index in [0.717, 1.165) is 6.54 Å². The Morgan fingerprint density at radius 3 is 2.82 bits per heavy atom. The van der Waals surface area contributed by atoms with Crippen LogP contribution in [0.25, 0.3) is 0 Å². The van der Waals surface area contributed by atoms with Crippen molar-refractivity contribution < 1.29 is 9.13 Å². The number of halogens is 2. The minimum atomic E-state index is -0.341. The molecular formula is C13H17ClFNO. The zero-order valence-electron chi connectivity index (χ0n) is 9.72. The second-order valence-electron chi connectivity index (χ2n) is 4.36. The van der Waals surface area contributed by atoms with Crippen LogP contribution in [-0.4, -0.2) is 19.2 Å². The van der Waals surface area contributed by atoms with Gasteiger partial charge in [0.25, 0.3) is 0 Å². The molecule has 17 heavy (non-hydrogen) atoms. The van der Waals surface area contributed by atoms with Crippen molar-refractivity contribution in [2.24, 2.45) is 0 Å². The van der Waals surface area contributed by atoms with Crippen molar-refractivity contribution in [2.45, 2.75) is 31.7 Å². The second-order valence-corrected chi connectivity index (χ2v) is 4.77. The molecule has 1 aromatic carbocycles. The van der Waals surface area contributed by atoms with E-state index < -0.39 is 0 Å². The van der Waals surface area contributed by atoms with Crippen molar-refractivity contribution in [3.8, 4) is 5.75 Å². The molecular weight excluding hydrogens is 241 g/mol. The molecule has 0 aromatic heterocycles. The maximum atomic E-state index is 12.8. The predicted octanol–water partition coefficient (Wildman–Crippen LogP) is 3.39. The number of benzene rings is 1. The Balaban J connectivity index is 1.70. The van der Waals surface area contributed by atoms with Crippen molar-refractivity contribution in [1.82, 2.24) is 5.32 Å². The lowest BCUT2D eigenvalue weighted by Crippen LogP contribution is -2.30. The molecule has 0 saturated heterocycles. The Hall–Kier alpha value is -0.800. The highest BCUT2D eigenvalue weighted by Gasteiger charge is 2.13. The minimum absolute atomic E-state index is 0.325. The number of hydrogen-bond donors (Lipinski definition) is 1. The number of nitrogens with one attached hydrogen (secondary N) is 1. The predicted molar refractivity (Wildman–Crippen MR) is 67.2 cm³/mol. The van der Waals surface area contributed by atoms with Crippen molar-refractivity contribution in [2.75, 3.05) is 13.2 Å². The molecule has 1 saturated carbocycles. The largest absolute Gasteiger partial charge is 0.491 e. The van der Waals surface area contributed by atoms with Crippen molar-refractivity contribution in [1.29, 1.82) is 0 Å². The summed E-state index contributed by atoms with van der Waals surface area (Å²) in [5.41, 5.74) is 0. The van der Waals surface area contributed by atoms with Gasteiger partial charge in [-0.2, -0.15) is 0 Å². The van der Waals surface area contributed by atoms with E-state index in [2.05, 4.69) is 5.32 Å². The molecule has 1 aliphatic rings. The smallest absolute Gasteiger partial charge is 0.138 e. The summed E-state index contributed by atoms with van der Waals surface area (Å²) >= 11 is 5.85. The van der Waals surface area contributed by atoms with Gasteiger partial charge in [-0.25, -0.2) is 4.39 Å². The highest BCUT2D eigenvalue weighted by molar-refractivity contribution is 6.32. The van der Waals surface area contributed by atoms with E-state index in [9.17, 15) is 4.39 Å². The molecule has 0 radical (unpaired) electrons. The van der Waals surface area contributed by atoms with E-state index in [4.69, 9.17) is 16.3 Å². The summed E-state index contributed by atoms with van der Waals surface area (Å²) in [5, 5.41) is 3.77. The van der Waals surface area contributed by atoms with Crippen LogP contribution >= 0.6 is 11.6 Å². The lowest BCUT2D eigenvalue weighted by atomic mass is 10.2.